The maximum absolute atomic E-state index is 12.6. The average Bonchev–Trinajstić information content (AvgIpc) is 2.93. The third-order valence-electron chi connectivity index (χ3n) is 4.82. The lowest BCUT2D eigenvalue weighted by Crippen LogP contribution is -2.32. The summed E-state index contributed by atoms with van der Waals surface area (Å²) < 4.78 is 1.80. The second-order valence-corrected chi connectivity index (χ2v) is 6.93. The molecule has 0 aliphatic heterocycles. The van der Waals surface area contributed by atoms with Gasteiger partial charge in [0, 0.05) is 25.5 Å². The summed E-state index contributed by atoms with van der Waals surface area (Å²) in [5.41, 5.74) is 2.63. The van der Waals surface area contributed by atoms with Crippen LogP contribution in [0.3, 0.4) is 0 Å². The van der Waals surface area contributed by atoms with Crippen LogP contribution in [-0.2, 0) is 0 Å². The van der Waals surface area contributed by atoms with Crippen molar-refractivity contribution < 1.29 is 4.79 Å². The van der Waals surface area contributed by atoms with Crippen LogP contribution in [-0.4, -0.2) is 39.2 Å². The SMILES string of the molecule is Cc1cc(C)n(-c2ccc(C(=O)N(C)CC3CCCCC3)cn2)n1. The van der Waals surface area contributed by atoms with Gasteiger partial charge in [-0.05, 0) is 50.8 Å². The number of carbonyl (C=O) groups excluding carboxylic acids is 1. The molecule has 0 saturated heterocycles. The minimum atomic E-state index is 0.0491. The average molecular weight is 326 g/mol. The molecule has 0 atom stereocenters. The van der Waals surface area contributed by atoms with Crippen molar-refractivity contribution in [1.82, 2.24) is 19.7 Å². The van der Waals surface area contributed by atoms with E-state index in [4.69, 9.17) is 0 Å². The number of carbonyl (C=O) groups is 1. The maximum Gasteiger partial charge on any atom is 0.255 e. The van der Waals surface area contributed by atoms with Crippen LogP contribution in [0.5, 0.6) is 0 Å². The van der Waals surface area contributed by atoms with Crippen LogP contribution in [0.2, 0.25) is 0 Å². The zero-order valence-electron chi connectivity index (χ0n) is 14.8. The molecule has 0 N–H and O–H groups in total. The van der Waals surface area contributed by atoms with Crippen LogP contribution in [0.1, 0.15) is 53.8 Å². The number of hydrogen-bond acceptors (Lipinski definition) is 3. The molecule has 0 spiro atoms. The minimum absolute atomic E-state index is 0.0491. The summed E-state index contributed by atoms with van der Waals surface area (Å²) >= 11 is 0. The Bertz CT molecular complexity index is 699. The number of amides is 1. The van der Waals surface area contributed by atoms with E-state index in [0.717, 1.165) is 23.8 Å². The van der Waals surface area contributed by atoms with E-state index in [-0.39, 0.29) is 5.91 Å². The highest BCUT2D eigenvalue weighted by Crippen LogP contribution is 2.24. The van der Waals surface area contributed by atoms with Crippen molar-refractivity contribution in [2.75, 3.05) is 13.6 Å². The standard InChI is InChI=1S/C19H26N4O/c1-14-11-15(2)23(21-14)18-10-9-17(12-20-18)19(24)22(3)13-16-7-5-4-6-8-16/h9-12,16H,4-8,13H2,1-3H3. The predicted octanol–water partition coefficient (Wildman–Crippen LogP) is 3.54. The molecule has 0 aromatic carbocycles. The van der Waals surface area contributed by atoms with Crippen LogP contribution >= 0.6 is 0 Å². The number of pyridine rings is 1. The second kappa shape index (κ2) is 7.16. The van der Waals surface area contributed by atoms with Gasteiger partial charge in [0.15, 0.2) is 5.82 Å². The molecule has 0 unspecified atom stereocenters. The topological polar surface area (TPSA) is 51.0 Å². The normalized spacial score (nSPS) is 15.5. The Morgan fingerprint density at radius 1 is 1.25 bits per heavy atom. The maximum atomic E-state index is 12.6. The summed E-state index contributed by atoms with van der Waals surface area (Å²) in [4.78, 5) is 18.9. The Balaban J connectivity index is 1.68. The van der Waals surface area contributed by atoms with E-state index in [9.17, 15) is 4.79 Å². The van der Waals surface area contributed by atoms with Crippen LogP contribution in [0.25, 0.3) is 5.82 Å². The number of nitrogens with zero attached hydrogens (tertiary/aromatic N) is 4. The van der Waals surface area contributed by atoms with E-state index in [1.807, 2.05) is 44.0 Å². The second-order valence-electron chi connectivity index (χ2n) is 6.93. The highest BCUT2D eigenvalue weighted by molar-refractivity contribution is 5.93. The summed E-state index contributed by atoms with van der Waals surface area (Å²) in [6.07, 6.45) is 8.08. The molecular weight excluding hydrogens is 300 g/mol. The van der Waals surface area contributed by atoms with Gasteiger partial charge in [0.05, 0.1) is 11.3 Å². The van der Waals surface area contributed by atoms with Crippen LogP contribution in [0, 0.1) is 19.8 Å². The van der Waals surface area contributed by atoms with Crippen molar-refractivity contribution in [3.63, 3.8) is 0 Å². The first-order valence-corrected chi connectivity index (χ1v) is 8.80. The Morgan fingerprint density at radius 2 is 2.00 bits per heavy atom. The summed E-state index contributed by atoms with van der Waals surface area (Å²) in [5.74, 6) is 1.44. The lowest BCUT2D eigenvalue weighted by atomic mass is 9.89. The van der Waals surface area contributed by atoms with Crippen LogP contribution in [0.15, 0.2) is 24.4 Å². The zero-order chi connectivity index (χ0) is 17.1. The molecule has 1 amide bonds. The molecule has 128 valence electrons. The Hall–Kier alpha value is -2.17. The van der Waals surface area contributed by atoms with E-state index in [2.05, 4.69) is 10.1 Å². The minimum Gasteiger partial charge on any atom is -0.341 e. The van der Waals surface area contributed by atoms with E-state index in [1.165, 1.54) is 32.1 Å². The fourth-order valence-corrected chi connectivity index (χ4v) is 3.56. The third kappa shape index (κ3) is 3.66. The number of rotatable bonds is 4. The van der Waals surface area contributed by atoms with E-state index < -0.39 is 0 Å². The molecule has 5 heteroatoms. The molecule has 5 nitrogen and oxygen atoms in total. The monoisotopic (exact) mass is 326 g/mol. The van der Waals surface area contributed by atoms with Gasteiger partial charge in [-0.25, -0.2) is 9.67 Å². The van der Waals surface area contributed by atoms with Gasteiger partial charge in [-0.3, -0.25) is 4.79 Å². The Morgan fingerprint density at radius 3 is 2.58 bits per heavy atom. The van der Waals surface area contributed by atoms with Gasteiger partial charge in [-0.1, -0.05) is 19.3 Å². The van der Waals surface area contributed by atoms with Crippen molar-refractivity contribution >= 4 is 5.91 Å². The number of aryl methyl sites for hydroxylation is 2. The van der Waals surface area contributed by atoms with Gasteiger partial charge in [-0.2, -0.15) is 5.10 Å². The van der Waals surface area contributed by atoms with E-state index >= 15 is 0 Å². The lowest BCUT2D eigenvalue weighted by Gasteiger charge is -2.27. The van der Waals surface area contributed by atoms with Gasteiger partial charge >= 0.3 is 0 Å². The fourth-order valence-electron chi connectivity index (χ4n) is 3.56. The van der Waals surface area contributed by atoms with Gasteiger partial charge in [0.1, 0.15) is 0 Å². The highest BCUT2D eigenvalue weighted by Gasteiger charge is 2.19. The van der Waals surface area contributed by atoms with Gasteiger partial charge in [-0.15, -0.1) is 0 Å². The summed E-state index contributed by atoms with van der Waals surface area (Å²) in [7, 11) is 1.89. The predicted molar refractivity (Wildman–Crippen MR) is 94.4 cm³/mol. The molecular formula is C19H26N4O. The van der Waals surface area contributed by atoms with Crippen molar-refractivity contribution in [3.8, 4) is 5.82 Å². The third-order valence-corrected chi connectivity index (χ3v) is 4.82. The molecule has 1 aliphatic carbocycles. The van der Waals surface area contributed by atoms with Crippen molar-refractivity contribution in [1.29, 1.82) is 0 Å². The van der Waals surface area contributed by atoms with Crippen molar-refractivity contribution in [2.24, 2.45) is 5.92 Å². The highest BCUT2D eigenvalue weighted by atomic mass is 16.2. The molecule has 2 aromatic heterocycles. The van der Waals surface area contributed by atoms with Gasteiger partial charge < -0.3 is 4.90 Å². The van der Waals surface area contributed by atoms with E-state index in [0.29, 0.717) is 11.5 Å². The molecule has 1 saturated carbocycles. The first-order chi connectivity index (χ1) is 11.5. The molecule has 24 heavy (non-hydrogen) atoms. The van der Waals surface area contributed by atoms with Crippen LogP contribution < -0.4 is 0 Å². The Kier molecular flexibility index (Phi) is 4.97. The summed E-state index contributed by atoms with van der Waals surface area (Å²) in [6.45, 7) is 4.80. The largest absolute Gasteiger partial charge is 0.341 e. The first kappa shape index (κ1) is 16.7. The van der Waals surface area contributed by atoms with Crippen LogP contribution in [0.4, 0.5) is 0 Å². The van der Waals surface area contributed by atoms with Gasteiger partial charge in [0.2, 0.25) is 0 Å². The fraction of sp³-hybridized carbons (Fsp3) is 0.526. The molecule has 0 radical (unpaired) electrons. The molecule has 1 aliphatic rings. The first-order valence-electron chi connectivity index (χ1n) is 8.80. The van der Waals surface area contributed by atoms with Gasteiger partial charge in [0.25, 0.3) is 5.91 Å². The quantitative estimate of drug-likeness (QED) is 0.863. The summed E-state index contributed by atoms with van der Waals surface area (Å²) in [6, 6.07) is 5.72. The van der Waals surface area contributed by atoms with Crippen molar-refractivity contribution in [3.05, 3.63) is 41.3 Å². The Labute approximate surface area is 143 Å². The summed E-state index contributed by atoms with van der Waals surface area (Å²) in [5, 5.41) is 4.43. The molecule has 3 rings (SSSR count). The molecule has 1 fully saturated rings. The van der Waals surface area contributed by atoms with E-state index in [1.54, 1.807) is 10.9 Å². The lowest BCUT2D eigenvalue weighted by molar-refractivity contribution is 0.0760. The number of aromatic nitrogens is 3. The molecule has 2 heterocycles. The molecule has 2 aromatic rings. The molecule has 0 bridgehead atoms. The smallest absolute Gasteiger partial charge is 0.255 e. The zero-order valence-corrected chi connectivity index (χ0v) is 14.8. The van der Waals surface area contributed by atoms with Crippen molar-refractivity contribution in [2.45, 2.75) is 46.0 Å². The number of hydrogen-bond donors (Lipinski definition) is 0.